The fourth-order valence-corrected chi connectivity index (χ4v) is 12.0. The van der Waals surface area contributed by atoms with Crippen LogP contribution in [0.25, 0.3) is 44.8 Å². The lowest BCUT2D eigenvalue weighted by molar-refractivity contribution is -0.123. The van der Waals surface area contributed by atoms with Crippen LogP contribution in [0.3, 0.4) is 0 Å². The first kappa shape index (κ1) is 60.1. The van der Waals surface area contributed by atoms with Gasteiger partial charge in [0.15, 0.2) is 23.1 Å². The number of imidazole rings is 2. The highest BCUT2D eigenvalue weighted by Gasteiger charge is 2.38. The predicted octanol–water partition coefficient (Wildman–Crippen LogP) is 10.1. The summed E-state index contributed by atoms with van der Waals surface area (Å²) in [7, 11) is 0. The highest BCUT2D eigenvalue weighted by atomic mass is 16.6. The Morgan fingerprint density at radius 2 is 0.930 bits per heavy atom. The highest BCUT2D eigenvalue weighted by molar-refractivity contribution is 6.00. The van der Waals surface area contributed by atoms with Gasteiger partial charge in [0, 0.05) is 81.2 Å². The molecule has 4 aliphatic rings. The Hall–Kier alpha value is -9.03. The first-order chi connectivity index (χ1) is 41.1. The van der Waals surface area contributed by atoms with E-state index in [1.807, 2.05) is 106 Å². The van der Waals surface area contributed by atoms with Gasteiger partial charge in [0.25, 0.3) is 11.8 Å². The molecule has 0 spiro atoms. The Labute approximate surface area is 500 Å². The number of hydrogen-bond acceptors (Lipinski definition) is 13. The number of nitrogens with zero attached hydrogens (tertiary/aromatic N) is 7. The Balaban J connectivity index is 0.000000191. The van der Waals surface area contributed by atoms with Crippen molar-refractivity contribution in [2.75, 3.05) is 26.2 Å². The second-order valence-electron chi connectivity index (χ2n) is 23.6. The van der Waals surface area contributed by atoms with Crippen molar-refractivity contribution in [3.63, 3.8) is 0 Å². The van der Waals surface area contributed by atoms with E-state index in [1.54, 1.807) is 57.6 Å². The van der Waals surface area contributed by atoms with Crippen LogP contribution in [0.4, 0.5) is 4.79 Å². The van der Waals surface area contributed by atoms with E-state index in [0.29, 0.717) is 62.3 Å². The normalized spacial score (nSPS) is 18.4. The quantitative estimate of drug-likeness (QED) is 0.0818. The van der Waals surface area contributed by atoms with E-state index in [4.69, 9.17) is 14.7 Å². The Bertz CT molecular complexity index is 3760. The monoisotopic (exact) mass is 1160 g/mol. The van der Waals surface area contributed by atoms with Crippen molar-refractivity contribution < 1.29 is 38.3 Å². The Morgan fingerprint density at radius 3 is 1.35 bits per heavy atom. The number of nitrogens with one attached hydrogen (secondary N) is 3. The number of carbonyl (C=O) groups is 7. The van der Waals surface area contributed by atoms with Gasteiger partial charge in [-0.2, -0.15) is 0 Å². The fraction of sp³-hybridized carbons (Fsp3) is 0.368. The van der Waals surface area contributed by atoms with Crippen molar-refractivity contribution in [1.82, 2.24) is 49.9 Å². The summed E-state index contributed by atoms with van der Waals surface area (Å²) in [5.74, 6) is 1.45. The summed E-state index contributed by atoms with van der Waals surface area (Å²) in [6, 6.07) is 32.8. The standard InChI is InChI=1S/C36H39N5O5.C31H31N5O3.CH4/c1-36(2,3)46-35(45)41-18-6-9-30(41)32(43)21-24-12-15-27-28(19-24)39-33(38-27)25-13-10-23(11-14-25)20-31(42)29-8-5-17-40(29)34(44)26-7-4-16-37-22-26;37-28(25-5-2-14-33-25)18-21-9-12-24-26(16-21)35-30(34-24)22-10-7-20(8-11-22)17-29(38)27-6-3-15-36(27)31(39)23-4-1-13-32-19-23;/h4,7,10-16,19,22,29-30H,5-6,8-9,17-18,20-21H2,1-3H3,(H,38,39);1,4,7-13,16,19,25,27,33H,2-3,5-6,14-15,17-18H2,(H,34,35);1H4/t29-,30-;25-,27-;/m00./s1. The van der Waals surface area contributed by atoms with Crippen molar-refractivity contribution in [1.29, 1.82) is 0 Å². The molecule has 4 aromatic carbocycles. The molecular weight excluding hydrogens is 1080 g/mol. The number of hydrogen-bond donors (Lipinski definition) is 3. The smallest absolute Gasteiger partial charge is 0.410 e. The Kier molecular flexibility index (Phi) is 18.5. The molecule has 4 saturated heterocycles. The minimum absolute atomic E-state index is 0. The average molecular weight is 1160 g/mol. The maximum absolute atomic E-state index is 13.3. The van der Waals surface area contributed by atoms with E-state index >= 15 is 0 Å². The molecule has 12 rings (SSSR count). The summed E-state index contributed by atoms with van der Waals surface area (Å²) in [4.78, 5) is 120. The molecular formula is C68H74N10O8. The molecule has 8 aromatic rings. The van der Waals surface area contributed by atoms with E-state index in [-0.39, 0.29) is 67.7 Å². The maximum Gasteiger partial charge on any atom is 0.410 e. The largest absolute Gasteiger partial charge is 0.444 e. The maximum atomic E-state index is 13.3. The molecule has 4 fully saturated rings. The molecule has 3 N–H and O–H groups in total. The van der Waals surface area contributed by atoms with E-state index in [2.05, 4.69) is 25.3 Å². The molecule has 444 valence electrons. The number of likely N-dealkylation sites (tertiary alicyclic amines) is 3. The number of Topliss-reactive ketones (excluding diaryl/α,β-unsaturated/α-hetero) is 4. The fourth-order valence-electron chi connectivity index (χ4n) is 12.0. The van der Waals surface area contributed by atoms with E-state index in [1.165, 1.54) is 6.20 Å². The van der Waals surface area contributed by atoms with Gasteiger partial charge >= 0.3 is 6.09 Å². The summed E-state index contributed by atoms with van der Waals surface area (Å²) in [5.41, 5.74) is 9.13. The number of ketones is 4. The number of H-pyrrole nitrogens is 2. The SMILES string of the molecule is C.CC(C)(C)OC(=O)N1CCC[C@H]1C(=O)Cc1ccc2nc(-c3ccc(CC(=O)[C@@H]4CCCN4C(=O)c4cccnc4)cc3)[nH]c2c1.O=C(Cc1ccc2nc(-c3ccc(CC(=O)[C@@H]4CCCN4C(=O)c4cccnc4)cc3)[nH]c2c1)[C@@H]1CCCN1. The van der Waals surface area contributed by atoms with Crippen molar-refractivity contribution >= 4 is 63.1 Å². The van der Waals surface area contributed by atoms with Crippen LogP contribution in [0.1, 0.15) is 123 Å². The summed E-state index contributed by atoms with van der Waals surface area (Å²) in [5, 5.41) is 3.27. The van der Waals surface area contributed by atoms with Crippen molar-refractivity contribution in [2.45, 2.75) is 135 Å². The van der Waals surface area contributed by atoms with Gasteiger partial charge in [-0.3, -0.25) is 43.6 Å². The number of rotatable bonds is 16. The minimum atomic E-state index is -0.617. The van der Waals surface area contributed by atoms with Gasteiger partial charge in [0.05, 0.1) is 57.4 Å². The van der Waals surface area contributed by atoms with Gasteiger partial charge in [-0.1, -0.05) is 68.1 Å². The van der Waals surface area contributed by atoms with Crippen molar-refractivity contribution in [3.8, 4) is 22.8 Å². The van der Waals surface area contributed by atoms with Gasteiger partial charge in [-0.15, -0.1) is 0 Å². The van der Waals surface area contributed by atoms with E-state index in [9.17, 15) is 33.6 Å². The molecule has 0 bridgehead atoms. The third-order valence-electron chi connectivity index (χ3n) is 16.3. The van der Waals surface area contributed by atoms with Crippen LogP contribution in [-0.2, 0) is 49.6 Å². The second-order valence-corrected chi connectivity index (χ2v) is 23.6. The van der Waals surface area contributed by atoms with Crippen LogP contribution in [0.5, 0.6) is 0 Å². The topological polar surface area (TPSA) is 234 Å². The van der Waals surface area contributed by atoms with Crippen LogP contribution < -0.4 is 5.32 Å². The number of benzene rings is 4. The lowest BCUT2D eigenvalue weighted by Gasteiger charge is -2.28. The summed E-state index contributed by atoms with van der Waals surface area (Å²) < 4.78 is 5.52. The average Bonchev–Trinajstić information content (AvgIpc) is 3.07. The molecule has 18 heteroatoms. The van der Waals surface area contributed by atoms with Gasteiger partial charge in [0.2, 0.25) is 0 Å². The van der Waals surface area contributed by atoms with Crippen LogP contribution in [-0.4, -0.2) is 142 Å². The summed E-state index contributed by atoms with van der Waals surface area (Å²) in [6.45, 7) is 8.05. The zero-order valence-corrected chi connectivity index (χ0v) is 48.2. The third kappa shape index (κ3) is 14.0. The number of aromatic nitrogens is 6. The highest BCUT2D eigenvalue weighted by Crippen LogP contribution is 2.29. The molecule has 86 heavy (non-hydrogen) atoms. The molecule has 8 heterocycles. The van der Waals surface area contributed by atoms with Crippen LogP contribution in [0, 0.1) is 0 Å². The zero-order chi connectivity index (χ0) is 59.2. The molecule has 0 unspecified atom stereocenters. The molecule has 3 amide bonds. The molecule has 0 saturated carbocycles. The van der Waals surface area contributed by atoms with Crippen LogP contribution >= 0.6 is 0 Å². The van der Waals surface area contributed by atoms with Crippen molar-refractivity contribution in [3.05, 3.63) is 167 Å². The summed E-state index contributed by atoms with van der Waals surface area (Å²) >= 11 is 0. The molecule has 4 atom stereocenters. The van der Waals surface area contributed by atoms with Gasteiger partial charge in [0.1, 0.15) is 17.2 Å². The molecule has 4 aromatic heterocycles. The number of fused-ring (bicyclic) bond motifs is 2. The lowest BCUT2D eigenvalue weighted by Crippen LogP contribution is -2.43. The first-order valence-corrected chi connectivity index (χ1v) is 29.5. The minimum Gasteiger partial charge on any atom is -0.444 e. The number of aromatic amines is 2. The Morgan fingerprint density at radius 1 is 0.512 bits per heavy atom. The number of ether oxygens (including phenoxy) is 1. The van der Waals surface area contributed by atoms with E-state index in [0.717, 1.165) is 99.9 Å². The number of amides is 3. The lowest BCUT2D eigenvalue weighted by atomic mass is 10.0. The molecule has 0 radical (unpaired) electrons. The van der Waals surface area contributed by atoms with Crippen molar-refractivity contribution in [2.24, 2.45) is 0 Å². The third-order valence-corrected chi connectivity index (χ3v) is 16.3. The zero-order valence-electron chi connectivity index (χ0n) is 48.2. The van der Waals surface area contributed by atoms with Gasteiger partial charge in [-0.05, 0) is 149 Å². The van der Waals surface area contributed by atoms with Crippen LogP contribution in [0.2, 0.25) is 0 Å². The van der Waals surface area contributed by atoms with Gasteiger partial charge in [-0.25, -0.2) is 14.8 Å². The van der Waals surface area contributed by atoms with E-state index < -0.39 is 29.8 Å². The van der Waals surface area contributed by atoms with Crippen LogP contribution in [0.15, 0.2) is 134 Å². The second kappa shape index (κ2) is 26.5. The molecule has 18 nitrogen and oxygen atoms in total. The number of carbonyl (C=O) groups excluding carboxylic acids is 7. The van der Waals surface area contributed by atoms with Gasteiger partial charge < -0.3 is 29.8 Å². The first-order valence-electron chi connectivity index (χ1n) is 29.5. The number of pyridine rings is 2. The molecule has 4 aliphatic heterocycles. The molecule has 0 aliphatic carbocycles. The summed E-state index contributed by atoms with van der Waals surface area (Å²) in [6.07, 6.45) is 13.4. The predicted molar refractivity (Wildman–Crippen MR) is 328 cm³/mol.